The van der Waals surface area contributed by atoms with Crippen LogP contribution in [0.25, 0.3) is 0 Å². The molecule has 1 atom stereocenters. The number of para-hydroxylation sites is 1. The van der Waals surface area contributed by atoms with Crippen molar-refractivity contribution in [1.29, 1.82) is 0 Å². The van der Waals surface area contributed by atoms with Gasteiger partial charge >= 0.3 is 6.03 Å². The van der Waals surface area contributed by atoms with E-state index in [4.69, 9.17) is 5.73 Å². The topological polar surface area (TPSA) is 122 Å². The van der Waals surface area contributed by atoms with E-state index in [2.05, 4.69) is 26.6 Å². The second-order valence-electron chi connectivity index (χ2n) is 6.42. The normalized spacial score (nSPS) is 18.7. The molecule has 1 fully saturated rings. The fourth-order valence-corrected chi connectivity index (χ4v) is 3.30. The molecule has 5 amide bonds. The first kappa shape index (κ1) is 19.6. The van der Waals surface area contributed by atoms with Gasteiger partial charge in [-0.2, -0.15) is 0 Å². The Bertz CT molecular complexity index is 993. The van der Waals surface area contributed by atoms with Crippen molar-refractivity contribution in [2.75, 3.05) is 11.9 Å². The standard InChI is InChI=1S/C19H17BrN4O4/c1-19(12-6-4-5-11(9-12)16(21)26)17(27)24(18(28)23-19)10-15(25)22-14-8-3-2-7-13(14)20/h2-9H,10H2,1H3,(H2,21,26)(H,22,25)(H,23,28). The maximum atomic E-state index is 12.9. The lowest BCUT2D eigenvalue weighted by atomic mass is 9.90. The molecule has 144 valence electrons. The molecule has 28 heavy (non-hydrogen) atoms. The number of amides is 5. The van der Waals surface area contributed by atoms with Gasteiger partial charge in [-0.15, -0.1) is 0 Å². The van der Waals surface area contributed by atoms with E-state index in [9.17, 15) is 19.2 Å². The van der Waals surface area contributed by atoms with Crippen LogP contribution in [0, 0.1) is 0 Å². The fourth-order valence-electron chi connectivity index (χ4n) is 2.92. The quantitative estimate of drug-likeness (QED) is 0.609. The van der Waals surface area contributed by atoms with Crippen molar-refractivity contribution in [3.63, 3.8) is 0 Å². The number of imide groups is 1. The maximum absolute atomic E-state index is 12.9. The molecule has 0 aromatic heterocycles. The number of carbonyl (C=O) groups excluding carboxylic acids is 4. The minimum absolute atomic E-state index is 0.214. The van der Waals surface area contributed by atoms with Gasteiger partial charge < -0.3 is 16.4 Å². The Labute approximate surface area is 169 Å². The smallest absolute Gasteiger partial charge is 0.325 e. The first-order chi connectivity index (χ1) is 13.2. The molecule has 8 nitrogen and oxygen atoms in total. The molecule has 2 aromatic carbocycles. The van der Waals surface area contributed by atoms with E-state index in [0.29, 0.717) is 15.7 Å². The van der Waals surface area contributed by atoms with E-state index in [-0.39, 0.29) is 5.56 Å². The third-order valence-corrected chi connectivity index (χ3v) is 5.14. The van der Waals surface area contributed by atoms with Crippen LogP contribution in [0.1, 0.15) is 22.8 Å². The highest BCUT2D eigenvalue weighted by atomic mass is 79.9. The maximum Gasteiger partial charge on any atom is 0.325 e. The number of nitrogens with zero attached hydrogens (tertiary/aromatic N) is 1. The summed E-state index contributed by atoms with van der Waals surface area (Å²) >= 11 is 3.32. The third-order valence-electron chi connectivity index (χ3n) is 4.45. The van der Waals surface area contributed by atoms with Crippen molar-refractivity contribution < 1.29 is 19.2 Å². The monoisotopic (exact) mass is 444 g/mol. The lowest BCUT2D eigenvalue weighted by Gasteiger charge is -2.22. The summed E-state index contributed by atoms with van der Waals surface area (Å²) in [4.78, 5) is 49.9. The number of nitrogens with one attached hydrogen (secondary N) is 2. The second-order valence-corrected chi connectivity index (χ2v) is 7.27. The molecule has 4 N–H and O–H groups in total. The Morgan fingerprint density at radius 1 is 1.18 bits per heavy atom. The van der Waals surface area contributed by atoms with Crippen molar-refractivity contribution in [3.8, 4) is 0 Å². The molecule has 0 bridgehead atoms. The van der Waals surface area contributed by atoms with Crippen molar-refractivity contribution in [1.82, 2.24) is 10.2 Å². The number of halogens is 1. The van der Waals surface area contributed by atoms with Gasteiger partial charge in [0.05, 0.1) is 5.69 Å². The summed E-state index contributed by atoms with van der Waals surface area (Å²) in [6.07, 6.45) is 0. The van der Waals surface area contributed by atoms with Crippen LogP contribution in [-0.4, -0.2) is 35.2 Å². The van der Waals surface area contributed by atoms with Crippen LogP contribution in [0.5, 0.6) is 0 Å². The van der Waals surface area contributed by atoms with Gasteiger partial charge in [0.2, 0.25) is 11.8 Å². The molecule has 1 heterocycles. The van der Waals surface area contributed by atoms with E-state index in [1.807, 2.05) is 0 Å². The van der Waals surface area contributed by atoms with Gasteiger partial charge in [0.25, 0.3) is 5.91 Å². The molecule has 1 aliphatic heterocycles. The average molecular weight is 445 g/mol. The van der Waals surface area contributed by atoms with E-state index in [1.165, 1.54) is 19.1 Å². The largest absolute Gasteiger partial charge is 0.366 e. The zero-order chi connectivity index (χ0) is 20.5. The van der Waals surface area contributed by atoms with Crippen LogP contribution in [0.3, 0.4) is 0 Å². The first-order valence-corrected chi connectivity index (χ1v) is 9.10. The summed E-state index contributed by atoms with van der Waals surface area (Å²) < 4.78 is 0.675. The molecular weight excluding hydrogens is 428 g/mol. The number of hydrogen-bond acceptors (Lipinski definition) is 4. The Morgan fingerprint density at radius 3 is 2.57 bits per heavy atom. The fraction of sp³-hybridized carbons (Fsp3) is 0.158. The summed E-state index contributed by atoms with van der Waals surface area (Å²) in [5.74, 6) is -1.76. The summed E-state index contributed by atoms with van der Waals surface area (Å²) in [5, 5.41) is 5.24. The van der Waals surface area contributed by atoms with Crippen LogP contribution < -0.4 is 16.4 Å². The highest BCUT2D eigenvalue weighted by molar-refractivity contribution is 9.10. The highest BCUT2D eigenvalue weighted by Crippen LogP contribution is 2.29. The van der Waals surface area contributed by atoms with Gasteiger partial charge in [-0.25, -0.2) is 4.79 Å². The first-order valence-electron chi connectivity index (χ1n) is 8.31. The Balaban J connectivity index is 1.79. The SMILES string of the molecule is CC1(c2cccc(C(N)=O)c2)NC(=O)N(CC(=O)Nc2ccccc2Br)C1=O. The van der Waals surface area contributed by atoms with Crippen LogP contribution in [0.15, 0.2) is 53.0 Å². The van der Waals surface area contributed by atoms with E-state index in [0.717, 1.165) is 4.90 Å². The van der Waals surface area contributed by atoms with Gasteiger partial charge in [0.1, 0.15) is 12.1 Å². The average Bonchev–Trinajstić information content (AvgIpc) is 2.88. The number of benzene rings is 2. The molecular formula is C19H17BrN4O4. The molecule has 1 aliphatic rings. The molecule has 9 heteroatoms. The Morgan fingerprint density at radius 2 is 1.89 bits per heavy atom. The number of anilines is 1. The van der Waals surface area contributed by atoms with Crippen molar-refractivity contribution in [2.45, 2.75) is 12.5 Å². The molecule has 3 rings (SSSR count). The number of primary amides is 1. The van der Waals surface area contributed by atoms with Crippen molar-refractivity contribution >= 4 is 45.4 Å². The lowest BCUT2D eigenvalue weighted by molar-refractivity contribution is -0.133. The highest BCUT2D eigenvalue weighted by Gasteiger charge is 2.49. The molecule has 0 saturated carbocycles. The predicted octanol–water partition coefficient (Wildman–Crippen LogP) is 1.95. The van der Waals surface area contributed by atoms with Gasteiger partial charge in [-0.3, -0.25) is 19.3 Å². The van der Waals surface area contributed by atoms with Crippen LogP contribution in [-0.2, 0) is 15.1 Å². The summed E-state index contributed by atoms with van der Waals surface area (Å²) in [7, 11) is 0. The summed E-state index contributed by atoms with van der Waals surface area (Å²) in [6.45, 7) is 1.07. The zero-order valence-corrected chi connectivity index (χ0v) is 16.4. The van der Waals surface area contributed by atoms with E-state index < -0.39 is 35.8 Å². The molecule has 1 unspecified atom stereocenters. The lowest BCUT2D eigenvalue weighted by Crippen LogP contribution is -2.42. The number of nitrogens with two attached hydrogens (primary N) is 1. The summed E-state index contributed by atoms with van der Waals surface area (Å²) in [5.41, 5.74) is 5.02. The number of urea groups is 1. The molecule has 0 radical (unpaired) electrons. The Hall–Kier alpha value is -3.20. The van der Waals surface area contributed by atoms with Gasteiger partial charge in [0, 0.05) is 10.0 Å². The third kappa shape index (κ3) is 3.61. The van der Waals surface area contributed by atoms with Crippen molar-refractivity contribution in [3.05, 3.63) is 64.1 Å². The van der Waals surface area contributed by atoms with Gasteiger partial charge in [-0.05, 0) is 52.7 Å². The Kier molecular flexibility index (Phi) is 5.19. The number of hydrogen-bond donors (Lipinski definition) is 3. The molecule has 0 spiro atoms. The van der Waals surface area contributed by atoms with Crippen LogP contribution in [0.4, 0.5) is 10.5 Å². The van der Waals surface area contributed by atoms with Crippen LogP contribution in [0.2, 0.25) is 0 Å². The minimum atomic E-state index is -1.41. The predicted molar refractivity (Wildman–Crippen MR) is 105 cm³/mol. The minimum Gasteiger partial charge on any atom is -0.366 e. The molecule has 2 aromatic rings. The van der Waals surface area contributed by atoms with Crippen molar-refractivity contribution in [2.24, 2.45) is 5.73 Å². The van der Waals surface area contributed by atoms with Gasteiger partial charge in [-0.1, -0.05) is 24.3 Å². The zero-order valence-electron chi connectivity index (χ0n) is 14.9. The van der Waals surface area contributed by atoms with E-state index >= 15 is 0 Å². The number of carbonyl (C=O) groups is 4. The molecule has 0 aliphatic carbocycles. The second kappa shape index (κ2) is 7.43. The molecule has 1 saturated heterocycles. The van der Waals surface area contributed by atoms with Gasteiger partial charge in [0.15, 0.2) is 0 Å². The summed E-state index contributed by atoms with van der Waals surface area (Å²) in [6, 6.07) is 12.4. The van der Waals surface area contributed by atoms with Crippen LogP contribution >= 0.6 is 15.9 Å². The van der Waals surface area contributed by atoms with E-state index in [1.54, 1.807) is 36.4 Å². The number of rotatable bonds is 5.